The zero-order valence-corrected chi connectivity index (χ0v) is 7.95. The van der Waals surface area contributed by atoms with Crippen LogP contribution in [0.4, 0.5) is 13.2 Å². The Hall–Kier alpha value is -1.08. The standard InChI is InChI=1S/C10H7F3S/c1-2-6-14-9-5-3-4-8(7-9)10(11,12)13/h1,3-5,7H,6H2. The van der Waals surface area contributed by atoms with Gasteiger partial charge in [-0.15, -0.1) is 18.2 Å². The van der Waals surface area contributed by atoms with Crippen LogP contribution in [0.1, 0.15) is 5.56 Å². The predicted octanol–water partition coefficient (Wildman–Crippen LogP) is 3.43. The maximum absolute atomic E-state index is 12.2. The summed E-state index contributed by atoms with van der Waals surface area (Å²) in [6.45, 7) is 0. The van der Waals surface area contributed by atoms with Crippen LogP contribution in [-0.2, 0) is 6.18 Å². The minimum atomic E-state index is -4.29. The highest BCUT2D eigenvalue weighted by Gasteiger charge is 2.30. The lowest BCUT2D eigenvalue weighted by Gasteiger charge is -2.07. The summed E-state index contributed by atoms with van der Waals surface area (Å²) in [5.74, 6) is 2.73. The molecule has 0 saturated carbocycles. The van der Waals surface area contributed by atoms with Gasteiger partial charge in [0.25, 0.3) is 0 Å². The van der Waals surface area contributed by atoms with Gasteiger partial charge in [-0.2, -0.15) is 13.2 Å². The quantitative estimate of drug-likeness (QED) is 0.539. The highest BCUT2D eigenvalue weighted by atomic mass is 32.2. The van der Waals surface area contributed by atoms with E-state index in [0.717, 1.165) is 12.1 Å². The van der Waals surface area contributed by atoms with Gasteiger partial charge >= 0.3 is 6.18 Å². The number of hydrogen-bond donors (Lipinski definition) is 0. The first-order valence-corrected chi connectivity index (χ1v) is 4.76. The third-order valence-corrected chi connectivity index (χ3v) is 2.38. The fraction of sp³-hybridized carbons (Fsp3) is 0.200. The number of hydrogen-bond acceptors (Lipinski definition) is 1. The van der Waals surface area contributed by atoms with Gasteiger partial charge in [-0.1, -0.05) is 12.0 Å². The first-order valence-electron chi connectivity index (χ1n) is 3.77. The van der Waals surface area contributed by atoms with Crippen molar-refractivity contribution >= 4 is 11.8 Å². The SMILES string of the molecule is C#CCSc1cccc(C(F)(F)F)c1. The largest absolute Gasteiger partial charge is 0.416 e. The number of terminal acetylenes is 1. The molecule has 74 valence electrons. The topological polar surface area (TPSA) is 0 Å². The summed E-state index contributed by atoms with van der Waals surface area (Å²) in [4.78, 5) is 0.540. The lowest BCUT2D eigenvalue weighted by atomic mass is 10.2. The van der Waals surface area contributed by atoms with Gasteiger partial charge in [-0.25, -0.2) is 0 Å². The van der Waals surface area contributed by atoms with E-state index >= 15 is 0 Å². The zero-order chi connectivity index (χ0) is 10.6. The molecular weight excluding hydrogens is 209 g/mol. The number of alkyl halides is 3. The van der Waals surface area contributed by atoms with Crippen LogP contribution in [0.5, 0.6) is 0 Å². The van der Waals surface area contributed by atoms with Gasteiger partial charge in [0.05, 0.1) is 11.3 Å². The van der Waals surface area contributed by atoms with Crippen molar-refractivity contribution in [3.05, 3.63) is 29.8 Å². The number of halogens is 3. The van der Waals surface area contributed by atoms with E-state index in [1.54, 1.807) is 6.07 Å². The predicted molar refractivity (Wildman–Crippen MR) is 51.0 cm³/mol. The van der Waals surface area contributed by atoms with E-state index in [1.807, 2.05) is 0 Å². The maximum atomic E-state index is 12.2. The van der Waals surface area contributed by atoms with Crippen LogP contribution < -0.4 is 0 Å². The smallest absolute Gasteiger partial charge is 0.166 e. The van der Waals surface area contributed by atoms with E-state index in [1.165, 1.54) is 17.8 Å². The van der Waals surface area contributed by atoms with Gasteiger partial charge in [0.2, 0.25) is 0 Å². The second kappa shape index (κ2) is 4.43. The van der Waals surface area contributed by atoms with Crippen molar-refractivity contribution in [1.82, 2.24) is 0 Å². The Morgan fingerprint density at radius 3 is 2.64 bits per heavy atom. The summed E-state index contributed by atoms with van der Waals surface area (Å²) in [5.41, 5.74) is -0.639. The molecule has 0 aliphatic rings. The molecule has 0 aliphatic carbocycles. The summed E-state index contributed by atoms with van der Waals surface area (Å²) in [6.07, 6.45) is 0.722. The lowest BCUT2D eigenvalue weighted by Crippen LogP contribution is -2.04. The number of benzene rings is 1. The first-order chi connectivity index (χ1) is 6.54. The van der Waals surface area contributed by atoms with Crippen molar-refractivity contribution < 1.29 is 13.2 Å². The highest BCUT2D eigenvalue weighted by molar-refractivity contribution is 7.99. The molecule has 0 amide bonds. The highest BCUT2D eigenvalue weighted by Crippen LogP contribution is 2.31. The third kappa shape index (κ3) is 3.00. The van der Waals surface area contributed by atoms with Gasteiger partial charge < -0.3 is 0 Å². The van der Waals surface area contributed by atoms with Crippen LogP contribution in [0.2, 0.25) is 0 Å². The molecule has 0 aliphatic heterocycles. The Kier molecular flexibility index (Phi) is 3.48. The van der Waals surface area contributed by atoms with E-state index in [2.05, 4.69) is 5.92 Å². The summed E-state index contributed by atoms with van der Waals surface area (Å²) < 4.78 is 36.7. The Balaban J connectivity index is 2.86. The molecule has 0 saturated heterocycles. The molecule has 0 spiro atoms. The normalized spacial score (nSPS) is 11.0. The van der Waals surface area contributed by atoms with E-state index in [0.29, 0.717) is 10.6 Å². The monoisotopic (exact) mass is 216 g/mol. The van der Waals surface area contributed by atoms with Crippen LogP contribution >= 0.6 is 11.8 Å². The van der Waals surface area contributed by atoms with E-state index < -0.39 is 11.7 Å². The van der Waals surface area contributed by atoms with Crippen molar-refractivity contribution in [2.24, 2.45) is 0 Å². The second-order valence-corrected chi connectivity index (χ2v) is 3.57. The van der Waals surface area contributed by atoms with E-state index in [4.69, 9.17) is 6.42 Å². The van der Waals surface area contributed by atoms with Crippen molar-refractivity contribution in [2.75, 3.05) is 5.75 Å². The number of rotatable bonds is 2. The molecule has 4 heteroatoms. The summed E-state index contributed by atoms with van der Waals surface area (Å²) >= 11 is 1.21. The molecule has 0 N–H and O–H groups in total. The van der Waals surface area contributed by atoms with Crippen molar-refractivity contribution in [3.63, 3.8) is 0 Å². The fourth-order valence-electron chi connectivity index (χ4n) is 0.887. The molecule has 1 rings (SSSR count). The minimum absolute atomic E-state index is 0.376. The molecule has 14 heavy (non-hydrogen) atoms. The van der Waals surface area contributed by atoms with Crippen molar-refractivity contribution in [1.29, 1.82) is 0 Å². The average molecular weight is 216 g/mol. The summed E-state index contributed by atoms with van der Waals surface area (Å²) in [6, 6.07) is 5.13. The van der Waals surface area contributed by atoms with Crippen LogP contribution in [0.25, 0.3) is 0 Å². The molecule has 0 aromatic heterocycles. The summed E-state index contributed by atoms with van der Waals surface area (Å²) in [5, 5.41) is 0. The second-order valence-electron chi connectivity index (χ2n) is 2.52. The van der Waals surface area contributed by atoms with Crippen LogP contribution in [0, 0.1) is 12.3 Å². The Labute approximate surface area is 84.5 Å². The molecule has 0 fully saturated rings. The van der Waals surface area contributed by atoms with Gasteiger partial charge in [-0.3, -0.25) is 0 Å². The molecule has 0 bridgehead atoms. The van der Waals surface area contributed by atoms with Gasteiger partial charge in [0.15, 0.2) is 0 Å². The van der Waals surface area contributed by atoms with Crippen molar-refractivity contribution in [2.45, 2.75) is 11.1 Å². The lowest BCUT2D eigenvalue weighted by molar-refractivity contribution is -0.137. The molecule has 0 nitrogen and oxygen atoms in total. The molecule has 0 radical (unpaired) electrons. The minimum Gasteiger partial charge on any atom is -0.166 e. The molecule has 0 heterocycles. The molecular formula is C10H7F3S. The Bertz CT molecular complexity index is 349. The van der Waals surface area contributed by atoms with Gasteiger partial charge in [-0.05, 0) is 18.2 Å². The average Bonchev–Trinajstić information content (AvgIpc) is 2.14. The number of thioether (sulfide) groups is 1. The molecule has 1 aromatic rings. The zero-order valence-electron chi connectivity index (χ0n) is 7.14. The van der Waals surface area contributed by atoms with Crippen LogP contribution in [-0.4, -0.2) is 5.75 Å². The van der Waals surface area contributed by atoms with E-state index in [-0.39, 0.29) is 0 Å². The summed E-state index contributed by atoms with van der Waals surface area (Å²) in [7, 11) is 0. The Morgan fingerprint density at radius 1 is 1.36 bits per heavy atom. The Morgan fingerprint density at radius 2 is 2.07 bits per heavy atom. The van der Waals surface area contributed by atoms with Gasteiger partial charge in [0, 0.05) is 4.90 Å². The van der Waals surface area contributed by atoms with E-state index in [9.17, 15) is 13.2 Å². The van der Waals surface area contributed by atoms with Crippen molar-refractivity contribution in [3.8, 4) is 12.3 Å². The molecule has 1 aromatic carbocycles. The molecule has 0 atom stereocenters. The van der Waals surface area contributed by atoms with Gasteiger partial charge in [0.1, 0.15) is 0 Å². The van der Waals surface area contributed by atoms with Crippen LogP contribution in [0.15, 0.2) is 29.2 Å². The maximum Gasteiger partial charge on any atom is 0.416 e. The van der Waals surface area contributed by atoms with Crippen LogP contribution in [0.3, 0.4) is 0 Å². The first kappa shape index (κ1) is 11.0. The fourth-order valence-corrected chi connectivity index (χ4v) is 1.52. The third-order valence-electron chi connectivity index (χ3n) is 1.48. The molecule has 0 unspecified atom stereocenters.